The van der Waals surface area contributed by atoms with Gasteiger partial charge in [0.1, 0.15) is 23.7 Å². The highest BCUT2D eigenvalue weighted by Crippen LogP contribution is 2.33. The van der Waals surface area contributed by atoms with E-state index in [1.165, 1.54) is 0 Å². The van der Waals surface area contributed by atoms with Gasteiger partial charge in [0.15, 0.2) is 0 Å². The number of benzene rings is 1. The van der Waals surface area contributed by atoms with Gasteiger partial charge in [0.2, 0.25) is 23.6 Å². The second-order valence-electron chi connectivity index (χ2n) is 15.6. The molecule has 2 saturated carbocycles. The Bertz CT molecular complexity index is 1450. The molecular weight excluding hydrogens is 672 g/mol. The first-order valence-electron chi connectivity index (χ1n) is 19.6. The number of ether oxygens (including phenoxy) is 1. The van der Waals surface area contributed by atoms with Crippen molar-refractivity contribution in [2.24, 2.45) is 11.8 Å². The largest absolute Gasteiger partial charge is 0.444 e. The lowest BCUT2D eigenvalue weighted by Crippen LogP contribution is -2.57. The van der Waals surface area contributed by atoms with E-state index in [1.807, 2.05) is 51.1 Å². The minimum absolute atomic E-state index is 0.0409. The number of rotatable bonds is 18. The molecule has 1 heterocycles. The molecule has 53 heavy (non-hydrogen) atoms. The molecule has 1 aromatic carbocycles. The van der Waals surface area contributed by atoms with Gasteiger partial charge >= 0.3 is 6.09 Å². The molecule has 1 saturated heterocycles. The van der Waals surface area contributed by atoms with Gasteiger partial charge in [0.25, 0.3) is 0 Å². The minimum Gasteiger partial charge on any atom is -0.444 e. The summed E-state index contributed by atoms with van der Waals surface area (Å²) in [6.07, 6.45) is 10.4. The molecule has 5 N–H and O–H groups in total. The van der Waals surface area contributed by atoms with Crippen LogP contribution in [-0.2, 0) is 23.9 Å². The molecule has 3 fully saturated rings. The molecule has 0 aromatic heterocycles. The van der Waals surface area contributed by atoms with Crippen molar-refractivity contribution in [2.75, 3.05) is 20.1 Å². The van der Waals surface area contributed by atoms with Gasteiger partial charge in [-0.05, 0) is 69.8 Å². The zero-order valence-corrected chi connectivity index (χ0v) is 32.3. The summed E-state index contributed by atoms with van der Waals surface area (Å²) in [6.45, 7) is 14.3. The lowest BCUT2D eigenvalue weighted by Gasteiger charge is -2.36. The van der Waals surface area contributed by atoms with Crippen LogP contribution >= 0.6 is 0 Å². The first-order chi connectivity index (χ1) is 25.3. The maximum Gasteiger partial charge on any atom is 0.408 e. The van der Waals surface area contributed by atoms with E-state index in [-0.39, 0.29) is 35.8 Å². The lowest BCUT2D eigenvalue weighted by atomic mass is 9.79. The van der Waals surface area contributed by atoms with Crippen molar-refractivity contribution in [3.63, 3.8) is 0 Å². The fourth-order valence-corrected chi connectivity index (χ4v) is 7.81. The van der Waals surface area contributed by atoms with Crippen LogP contribution in [0.15, 0.2) is 54.8 Å². The van der Waals surface area contributed by atoms with E-state index in [1.54, 1.807) is 11.9 Å². The summed E-state index contributed by atoms with van der Waals surface area (Å²) < 4.78 is 5.76. The quantitative estimate of drug-likeness (QED) is 0.130. The van der Waals surface area contributed by atoms with E-state index in [2.05, 4.69) is 39.7 Å². The highest BCUT2D eigenvalue weighted by Gasteiger charge is 2.42. The maximum absolute atomic E-state index is 14.3. The number of hydrogen-bond donors (Lipinski definition) is 5. The fraction of sp³-hybridized carbons (Fsp3) is 0.634. The van der Waals surface area contributed by atoms with E-state index >= 15 is 0 Å². The number of nitrogens with zero attached hydrogens (tertiary/aromatic N) is 1. The number of nitrogens with one attached hydrogen (secondary N) is 5. The van der Waals surface area contributed by atoms with Crippen LogP contribution in [0.1, 0.15) is 116 Å². The van der Waals surface area contributed by atoms with Crippen LogP contribution in [-0.4, -0.2) is 78.5 Å². The van der Waals surface area contributed by atoms with Gasteiger partial charge in [-0.25, -0.2) is 4.79 Å². The highest BCUT2D eigenvalue weighted by atomic mass is 16.6. The summed E-state index contributed by atoms with van der Waals surface area (Å²) in [5.74, 6) is -0.952. The van der Waals surface area contributed by atoms with Crippen molar-refractivity contribution >= 4 is 29.7 Å². The molecule has 1 aromatic rings. The number of carbonyl (C=O) groups is 5. The molecule has 292 valence electrons. The summed E-state index contributed by atoms with van der Waals surface area (Å²) in [7, 11) is 1.56. The molecule has 4 unspecified atom stereocenters. The Hall–Kier alpha value is -4.35. The third kappa shape index (κ3) is 11.8. The first kappa shape index (κ1) is 41.4. The third-order valence-electron chi connectivity index (χ3n) is 11.0. The molecule has 12 nitrogen and oxygen atoms in total. The molecule has 0 bridgehead atoms. The van der Waals surface area contributed by atoms with Crippen LogP contribution in [0.3, 0.4) is 0 Å². The number of carbonyl (C=O) groups excluding carboxylic acids is 5. The second-order valence-corrected chi connectivity index (χ2v) is 15.6. The smallest absolute Gasteiger partial charge is 0.408 e. The Balaban J connectivity index is 1.41. The predicted molar refractivity (Wildman–Crippen MR) is 205 cm³/mol. The highest BCUT2D eigenvalue weighted by molar-refractivity contribution is 5.96. The van der Waals surface area contributed by atoms with Crippen LogP contribution < -0.4 is 26.6 Å². The topological polar surface area (TPSA) is 158 Å². The molecular formula is C41H62N6O6. The number of amides is 5. The molecule has 0 spiro atoms. The third-order valence-corrected chi connectivity index (χ3v) is 11.0. The van der Waals surface area contributed by atoms with Crippen molar-refractivity contribution < 1.29 is 28.7 Å². The van der Waals surface area contributed by atoms with Crippen LogP contribution in [0.5, 0.6) is 0 Å². The maximum atomic E-state index is 14.3. The van der Waals surface area contributed by atoms with Crippen LogP contribution in [0, 0.1) is 11.8 Å². The Morgan fingerprint density at radius 1 is 0.906 bits per heavy atom. The summed E-state index contributed by atoms with van der Waals surface area (Å²) in [5, 5.41) is 14.6. The first-order valence-corrected chi connectivity index (χ1v) is 19.6. The van der Waals surface area contributed by atoms with Gasteiger partial charge < -0.3 is 36.2 Å². The van der Waals surface area contributed by atoms with Gasteiger partial charge in [-0.2, -0.15) is 0 Å². The number of alkyl carbamates (subject to hydrolysis) is 1. The summed E-state index contributed by atoms with van der Waals surface area (Å²) in [6, 6.07) is 6.39. The van der Waals surface area contributed by atoms with Gasteiger partial charge in [-0.1, -0.05) is 95.4 Å². The van der Waals surface area contributed by atoms with E-state index in [0.717, 1.165) is 63.4 Å². The van der Waals surface area contributed by atoms with Gasteiger partial charge in [0.05, 0.1) is 12.6 Å². The van der Waals surface area contributed by atoms with Gasteiger partial charge in [0, 0.05) is 24.9 Å². The average molecular weight is 735 g/mol. The van der Waals surface area contributed by atoms with Crippen LogP contribution in [0.4, 0.5) is 4.79 Å². The van der Waals surface area contributed by atoms with Crippen molar-refractivity contribution in [1.29, 1.82) is 0 Å². The second kappa shape index (κ2) is 19.6. The normalized spacial score (nSPS) is 19.5. The Morgan fingerprint density at radius 3 is 2.23 bits per heavy atom. The van der Waals surface area contributed by atoms with Gasteiger partial charge in [-0.15, -0.1) is 0 Å². The van der Waals surface area contributed by atoms with Crippen LogP contribution in [0.25, 0.3) is 0 Å². The molecule has 1 aliphatic heterocycles. The summed E-state index contributed by atoms with van der Waals surface area (Å²) >= 11 is 0. The van der Waals surface area contributed by atoms with E-state index < -0.39 is 41.8 Å². The lowest BCUT2D eigenvalue weighted by molar-refractivity contribution is -0.141. The van der Waals surface area contributed by atoms with E-state index in [9.17, 15) is 24.0 Å². The Kier molecular flexibility index (Phi) is 15.3. The van der Waals surface area contributed by atoms with Crippen LogP contribution in [0.2, 0.25) is 0 Å². The number of hydrogen-bond acceptors (Lipinski definition) is 7. The van der Waals surface area contributed by atoms with Gasteiger partial charge in [-0.3, -0.25) is 19.2 Å². The monoisotopic (exact) mass is 734 g/mol. The van der Waals surface area contributed by atoms with Crippen molar-refractivity contribution in [2.45, 2.75) is 134 Å². The number of likely N-dealkylation sites (tertiary alicyclic amines) is 1. The zero-order chi connectivity index (χ0) is 38.5. The summed E-state index contributed by atoms with van der Waals surface area (Å²) in [5.41, 5.74) is 0.739. The average Bonchev–Trinajstić information content (AvgIpc) is 3.63. The summed E-state index contributed by atoms with van der Waals surface area (Å²) in [4.78, 5) is 69.2. The fourth-order valence-electron chi connectivity index (χ4n) is 7.81. The molecule has 2 aliphatic carbocycles. The Morgan fingerprint density at radius 2 is 1.60 bits per heavy atom. The zero-order valence-electron chi connectivity index (χ0n) is 32.3. The standard InChI is InChI=1S/C41H62N6O6/c1-7-23-41(4,5)53-40(52)46-35(31-20-12-9-13-21-31)39(51)47-24-15-22-33(47)37(49)45-32(25-29-16-14-17-29)28(3)36(48)43-26-27(2)44-34(38(50)42-6)30-18-10-8-11-19-30/h8,10-11,18-19,29,31-35,44H,2-3,7,9,12-17,20-26H2,1,4-6H3,(H,42,50)(H,43,48)(H,45,49)(H,46,52). The van der Waals surface area contributed by atoms with E-state index in [0.29, 0.717) is 43.8 Å². The SMILES string of the molecule is C=C(CNC(=O)C(=C)C(CC1CCC1)NC(=O)C1CCCN1C(=O)C(NC(=O)OC(C)(C)CCC)C1CCCCC1)NC(C(=O)NC)c1ccccc1. The molecule has 0 radical (unpaired) electrons. The molecule has 5 amide bonds. The van der Waals surface area contributed by atoms with Crippen molar-refractivity contribution in [1.82, 2.24) is 31.5 Å². The molecule has 12 heteroatoms. The van der Waals surface area contributed by atoms with E-state index in [4.69, 9.17) is 4.74 Å². The molecule has 3 aliphatic rings. The number of likely N-dealkylation sites (N-methyl/N-ethyl adjacent to an activating group) is 1. The molecule has 4 rings (SSSR count). The van der Waals surface area contributed by atoms with Crippen molar-refractivity contribution in [3.05, 3.63) is 60.3 Å². The molecule has 4 atom stereocenters. The van der Waals surface area contributed by atoms with Crippen molar-refractivity contribution in [3.8, 4) is 0 Å². The minimum atomic E-state index is -0.785. The predicted octanol–water partition coefficient (Wildman–Crippen LogP) is 5.17. The Labute approximate surface area is 315 Å².